The summed E-state index contributed by atoms with van der Waals surface area (Å²) in [5.41, 5.74) is 0.929. The lowest BCUT2D eigenvalue weighted by Gasteiger charge is -2.34. The summed E-state index contributed by atoms with van der Waals surface area (Å²) in [6.45, 7) is 5.04. The van der Waals surface area contributed by atoms with Crippen molar-refractivity contribution in [2.24, 2.45) is 5.92 Å². The van der Waals surface area contributed by atoms with Crippen LogP contribution in [0.4, 0.5) is 4.79 Å². The van der Waals surface area contributed by atoms with Gasteiger partial charge in [-0.25, -0.2) is 14.6 Å². The third-order valence-corrected chi connectivity index (χ3v) is 7.15. The average molecular weight is 482 g/mol. The number of carbonyl (C=O) groups excluding carboxylic acids is 4. The predicted octanol–water partition coefficient (Wildman–Crippen LogP) is 3.65. The number of urea groups is 1. The van der Waals surface area contributed by atoms with Crippen LogP contribution < -0.4 is 5.32 Å². The van der Waals surface area contributed by atoms with E-state index < -0.39 is 30.1 Å². The lowest BCUT2D eigenvalue weighted by atomic mass is 9.75. The SMILES string of the molecule is CCOC(=O)c1c(COC(=O)CN2C(=O)NC3(CCC(CC)CC3)C2=O)nc2ccccc2c1C. The Kier molecular flexibility index (Phi) is 7.05. The topological polar surface area (TPSA) is 115 Å². The zero-order chi connectivity index (χ0) is 25.2. The second-order valence-electron chi connectivity index (χ2n) is 9.21. The van der Waals surface area contributed by atoms with Gasteiger partial charge in [0.1, 0.15) is 18.7 Å². The Morgan fingerprint density at radius 2 is 1.86 bits per heavy atom. The molecule has 2 aliphatic rings. The quantitative estimate of drug-likeness (QED) is 0.474. The number of nitrogens with one attached hydrogen (secondary N) is 1. The van der Waals surface area contributed by atoms with Gasteiger partial charge in [-0.15, -0.1) is 0 Å². The first-order valence-electron chi connectivity index (χ1n) is 12.1. The van der Waals surface area contributed by atoms with Crippen LogP contribution >= 0.6 is 0 Å². The van der Waals surface area contributed by atoms with E-state index in [-0.39, 0.29) is 30.4 Å². The molecule has 35 heavy (non-hydrogen) atoms. The highest BCUT2D eigenvalue weighted by Gasteiger charge is 2.52. The predicted molar refractivity (Wildman–Crippen MR) is 127 cm³/mol. The van der Waals surface area contributed by atoms with E-state index in [1.54, 1.807) is 13.8 Å². The minimum absolute atomic E-state index is 0.192. The van der Waals surface area contributed by atoms with Gasteiger partial charge in [-0.1, -0.05) is 31.5 Å². The molecule has 4 rings (SSSR count). The van der Waals surface area contributed by atoms with Crippen molar-refractivity contribution in [1.29, 1.82) is 0 Å². The Bertz CT molecular complexity index is 1170. The number of hydrogen-bond acceptors (Lipinski definition) is 7. The van der Waals surface area contributed by atoms with E-state index >= 15 is 0 Å². The molecule has 1 aromatic heterocycles. The van der Waals surface area contributed by atoms with E-state index in [0.29, 0.717) is 29.8 Å². The number of nitrogens with zero attached hydrogens (tertiary/aromatic N) is 2. The summed E-state index contributed by atoms with van der Waals surface area (Å²) >= 11 is 0. The minimum Gasteiger partial charge on any atom is -0.462 e. The lowest BCUT2D eigenvalue weighted by molar-refractivity contribution is -0.149. The van der Waals surface area contributed by atoms with Crippen LogP contribution in [0.5, 0.6) is 0 Å². The number of ether oxygens (including phenoxy) is 2. The Hall–Kier alpha value is -3.49. The van der Waals surface area contributed by atoms with E-state index in [1.165, 1.54) is 0 Å². The maximum absolute atomic E-state index is 13.1. The summed E-state index contributed by atoms with van der Waals surface area (Å²) in [6.07, 6.45) is 3.93. The number of para-hydroxylation sites is 1. The van der Waals surface area contributed by atoms with E-state index in [2.05, 4.69) is 17.2 Å². The van der Waals surface area contributed by atoms with Crippen molar-refractivity contribution >= 4 is 34.8 Å². The molecule has 186 valence electrons. The van der Waals surface area contributed by atoms with Gasteiger partial charge in [0.05, 0.1) is 23.4 Å². The molecule has 1 N–H and O–H groups in total. The van der Waals surface area contributed by atoms with Crippen LogP contribution in [0.25, 0.3) is 10.9 Å². The Morgan fingerprint density at radius 3 is 2.54 bits per heavy atom. The summed E-state index contributed by atoms with van der Waals surface area (Å²) in [5.74, 6) is -1.13. The highest BCUT2D eigenvalue weighted by molar-refractivity contribution is 6.08. The molecule has 1 saturated carbocycles. The van der Waals surface area contributed by atoms with Gasteiger partial charge in [0, 0.05) is 5.39 Å². The molecule has 9 nitrogen and oxygen atoms in total. The Morgan fingerprint density at radius 1 is 1.14 bits per heavy atom. The molecule has 2 heterocycles. The van der Waals surface area contributed by atoms with Gasteiger partial charge in [-0.2, -0.15) is 0 Å². The molecule has 1 aromatic carbocycles. The van der Waals surface area contributed by atoms with Crippen LogP contribution in [0.1, 0.15) is 67.6 Å². The van der Waals surface area contributed by atoms with Gasteiger partial charge < -0.3 is 14.8 Å². The van der Waals surface area contributed by atoms with Crippen molar-refractivity contribution in [3.63, 3.8) is 0 Å². The van der Waals surface area contributed by atoms with Gasteiger partial charge in [0.2, 0.25) is 0 Å². The number of hydrogen-bond donors (Lipinski definition) is 1. The normalized spacial score (nSPS) is 21.9. The molecule has 0 bridgehead atoms. The van der Waals surface area contributed by atoms with Crippen LogP contribution in [-0.2, 0) is 25.7 Å². The first-order valence-corrected chi connectivity index (χ1v) is 12.1. The fourth-order valence-electron chi connectivity index (χ4n) is 5.08. The van der Waals surface area contributed by atoms with Gasteiger partial charge in [0.15, 0.2) is 0 Å². The number of carbonyl (C=O) groups is 4. The third kappa shape index (κ3) is 4.72. The monoisotopic (exact) mass is 481 g/mol. The molecule has 1 aliphatic carbocycles. The lowest BCUT2D eigenvalue weighted by Crippen LogP contribution is -2.49. The van der Waals surface area contributed by atoms with Crippen molar-refractivity contribution < 1.29 is 28.7 Å². The van der Waals surface area contributed by atoms with Crippen LogP contribution in [0, 0.1) is 12.8 Å². The number of rotatable bonds is 7. The first kappa shape index (κ1) is 24.6. The molecule has 2 aromatic rings. The number of pyridine rings is 1. The summed E-state index contributed by atoms with van der Waals surface area (Å²) in [7, 11) is 0. The van der Waals surface area contributed by atoms with Crippen molar-refractivity contribution in [2.45, 2.75) is 65.0 Å². The van der Waals surface area contributed by atoms with Crippen molar-refractivity contribution in [2.75, 3.05) is 13.2 Å². The van der Waals surface area contributed by atoms with Gasteiger partial charge in [-0.05, 0) is 57.1 Å². The third-order valence-electron chi connectivity index (χ3n) is 7.15. The van der Waals surface area contributed by atoms with Gasteiger partial charge in [-0.3, -0.25) is 14.5 Å². The fraction of sp³-hybridized carbons (Fsp3) is 0.500. The van der Waals surface area contributed by atoms with E-state index in [0.717, 1.165) is 29.5 Å². The molecule has 9 heteroatoms. The number of fused-ring (bicyclic) bond motifs is 1. The van der Waals surface area contributed by atoms with E-state index in [9.17, 15) is 19.2 Å². The maximum atomic E-state index is 13.1. The van der Waals surface area contributed by atoms with E-state index in [4.69, 9.17) is 9.47 Å². The van der Waals surface area contributed by atoms with Crippen LogP contribution in [-0.4, -0.2) is 52.5 Å². The van der Waals surface area contributed by atoms with Crippen LogP contribution in [0.3, 0.4) is 0 Å². The standard InChI is InChI=1S/C26H31N3O6/c1-4-17-10-12-26(13-11-17)24(32)29(25(33)28-26)14-21(30)35-15-20-22(23(31)34-5-2)16(3)18-8-6-7-9-19(18)27-20/h6-9,17H,4-5,10-15H2,1-3H3,(H,28,33). The number of aromatic nitrogens is 1. The second kappa shape index (κ2) is 10.0. The van der Waals surface area contributed by atoms with Crippen molar-refractivity contribution in [3.05, 3.63) is 41.1 Å². The Labute approximate surface area is 204 Å². The number of imide groups is 1. The number of amides is 3. The first-order chi connectivity index (χ1) is 16.8. The zero-order valence-electron chi connectivity index (χ0n) is 20.4. The summed E-state index contributed by atoms with van der Waals surface area (Å²) in [6, 6.07) is 6.77. The summed E-state index contributed by atoms with van der Waals surface area (Å²) in [4.78, 5) is 56.3. The number of benzene rings is 1. The molecule has 3 amide bonds. The summed E-state index contributed by atoms with van der Waals surface area (Å²) < 4.78 is 10.6. The summed E-state index contributed by atoms with van der Waals surface area (Å²) in [5, 5.41) is 3.61. The highest BCUT2D eigenvalue weighted by Crippen LogP contribution is 2.37. The largest absolute Gasteiger partial charge is 0.462 e. The molecule has 1 saturated heterocycles. The Balaban J connectivity index is 1.47. The fourth-order valence-corrected chi connectivity index (χ4v) is 5.08. The van der Waals surface area contributed by atoms with Crippen molar-refractivity contribution in [3.8, 4) is 0 Å². The van der Waals surface area contributed by atoms with Gasteiger partial charge >= 0.3 is 18.0 Å². The molecule has 0 unspecified atom stereocenters. The van der Waals surface area contributed by atoms with E-state index in [1.807, 2.05) is 24.3 Å². The molecule has 0 atom stereocenters. The number of aryl methyl sites for hydroxylation is 1. The minimum atomic E-state index is -0.920. The van der Waals surface area contributed by atoms with Gasteiger partial charge in [0.25, 0.3) is 5.91 Å². The molecular formula is C26H31N3O6. The van der Waals surface area contributed by atoms with Crippen LogP contribution in [0.2, 0.25) is 0 Å². The maximum Gasteiger partial charge on any atom is 0.340 e. The number of esters is 2. The second-order valence-corrected chi connectivity index (χ2v) is 9.21. The average Bonchev–Trinajstić information content (AvgIpc) is 3.07. The highest BCUT2D eigenvalue weighted by atomic mass is 16.5. The van der Waals surface area contributed by atoms with Crippen molar-refractivity contribution in [1.82, 2.24) is 15.2 Å². The molecule has 0 radical (unpaired) electrons. The zero-order valence-corrected chi connectivity index (χ0v) is 20.4. The van der Waals surface area contributed by atoms with Crippen LogP contribution in [0.15, 0.2) is 24.3 Å². The molecule has 1 aliphatic heterocycles. The molecular weight excluding hydrogens is 450 g/mol. The molecule has 2 fully saturated rings. The molecule has 1 spiro atoms. The smallest absolute Gasteiger partial charge is 0.340 e.